The predicted molar refractivity (Wildman–Crippen MR) is 87.9 cm³/mol. The van der Waals surface area contributed by atoms with Crippen molar-refractivity contribution in [3.63, 3.8) is 0 Å². The van der Waals surface area contributed by atoms with Crippen LogP contribution in [0.3, 0.4) is 0 Å². The molecule has 0 saturated heterocycles. The van der Waals surface area contributed by atoms with Crippen LogP contribution in [-0.4, -0.2) is 19.6 Å². The number of rotatable bonds is 4. The molecule has 0 N–H and O–H groups in total. The topological polar surface area (TPSA) is 29.5 Å². The lowest BCUT2D eigenvalue weighted by atomic mass is 9.98. The van der Waals surface area contributed by atoms with Gasteiger partial charge >= 0.3 is 0 Å². The first kappa shape index (κ1) is 14.8. The molecule has 0 radical (unpaired) electrons. The van der Waals surface area contributed by atoms with Gasteiger partial charge in [-0.3, -0.25) is 4.79 Å². The molecule has 1 amide bonds. The number of benzene rings is 2. The third kappa shape index (κ3) is 3.04. The summed E-state index contributed by atoms with van der Waals surface area (Å²) in [6.45, 7) is 0.725. The maximum absolute atomic E-state index is 12.6. The summed E-state index contributed by atoms with van der Waals surface area (Å²) in [6.07, 6.45) is 2.27. The molecule has 22 heavy (non-hydrogen) atoms. The number of ether oxygens (including phenoxy) is 1. The highest BCUT2D eigenvalue weighted by atomic mass is 16.5. The van der Waals surface area contributed by atoms with Crippen LogP contribution < -0.4 is 4.90 Å². The zero-order valence-corrected chi connectivity index (χ0v) is 12.9. The predicted octanol–water partition coefficient (Wildman–Crippen LogP) is 3.74. The molecule has 1 heterocycles. The van der Waals surface area contributed by atoms with Crippen molar-refractivity contribution in [1.82, 2.24) is 0 Å². The molecule has 2 aromatic rings. The third-order valence-corrected chi connectivity index (χ3v) is 4.25. The van der Waals surface area contributed by atoms with Crippen molar-refractivity contribution in [3.8, 4) is 0 Å². The highest BCUT2D eigenvalue weighted by molar-refractivity contribution is 5.94. The van der Waals surface area contributed by atoms with Gasteiger partial charge in [0.25, 0.3) is 0 Å². The molecule has 0 fully saturated rings. The van der Waals surface area contributed by atoms with Gasteiger partial charge in [0, 0.05) is 31.3 Å². The van der Waals surface area contributed by atoms with Crippen molar-refractivity contribution in [3.05, 3.63) is 65.7 Å². The minimum Gasteiger partial charge on any atom is -0.377 e. The molecule has 1 unspecified atom stereocenters. The molecule has 0 aromatic heterocycles. The van der Waals surface area contributed by atoms with E-state index in [1.54, 1.807) is 7.11 Å². The second-order valence-electron chi connectivity index (χ2n) is 5.60. The van der Waals surface area contributed by atoms with E-state index >= 15 is 0 Å². The summed E-state index contributed by atoms with van der Waals surface area (Å²) in [7, 11) is 1.73. The fourth-order valence-corrected chi connectivity index (χ4v) is 3.06. The van der Waals surface area contributed by atoms with E-state index in [4.69, 9.17) is 4.74 Å². The molecule has 3 heteroatoms. The summed E-state index contributed by atoms with van der Waals surface area (Å²) in [5.41, 5.74) is 3.32. The molecule has 0 spiro atoms. The smallest absolute Gasteiger partial charge is 0.227 e. The number of methoxy groups -OCH3 is 1. The molecule has 114 valence electrons. The molecule has 1 aliphatic heterocycles. The monoisotopic (exact) mass is 295 g/mol. The summed E-state index contributed by atoms with van der Waals surface area (Å²) in [4.78, 5) is 14.5. The minimum absolute atomic E-state index is 0.0920. The van der Waals surface area contributed by atoms with Gasteiger partial charge in [-0.15, -0.1) is 0 Å². The van der Waals surface area contributed by atoms with Gasteiger partial charge in [-0.05, 0) is 24.5 Å². The van der Waals surface area contributed by atoms with Gasteiger partial charge in [-0.1, -0.05) is 48.5 Å². The normalized spacial score (nSPS) is 17.1. The molecule has 0 saturated carbocycles. The first-order valence-electron chi connectivity index (χ1n) is 7.75. The van der Waals surface area contributed by atoms with Crippen LogP contribution in [0.15, 0.2) is 54.6 Å². The zero-order chi connectivity index (χ0) is 15.4. The van der Waals surface area contributed by atoms with Crippen LogP contribution in [-0.2, 0) is 16.0 Å². The molecule has 0 aliphatic carbocycles. The number of hydrogen-bond acceptors (Lipinski definition) is 2. The van der Waals surface area contributed by atoms with Crippen molar-refractivity contribution in [2.45, 2.75) is 25.4 Å². The van der Waals surface area contributed by atoms with Crippen LogP contribution in [0.5, 0.6) is 0 Å². The van der Waals surface area contributed by atoms with E-state index in [-0.39, 0.29) is 12.0 Å². The standard InChI is InChI=1S/C19H21NO2/c1-22-18-13-14-20(17-10-6-5-9-16(17)18)19(21)12-11-15-7-3-2-4-8-15/h2-10,18H,11-14H2,1H3. The van der Waals surface area contributed by atoms with Gasteiger partial charge in [0.15, 0.2) is 0 Å². The van der Waals surface area contributed by atoms with E-state index in [9.17, 15) is 4.79 Å². The van der Waals surface area contributed by atoms with Crippen LogP contribution in [0.25, 0.3) is 0 Å². The maximum atomic E-state index is 12.6. The Hall–Kier alpha value is -2.13. The Bertz CT molecular complexity index is 639. The van der Waals surface area contributed by atoms with Crippen LogP contribution in [0.1, 0.15) is 30.1 Å². The number of aryl methyl sites for hydroxylation is 1. The van der Waals surface area contributed by atoms with E-state index in [1.807, 2.05) is 41.3 Å². The van der Waals surface area contributed by atoms with E-state index in [0.717, 1.165) is 30.6 Å². The van der Waals surface area contributed by atoms with Gasteiger partial charge in [-0.25, -0.2) is 0 Å². The van der Waals surface area contributed by atoms with E-state index in [0.29, 0.717) is 6.42 Å². The average Bonchev–Trinajstić information content (AvgIpc) is 2.59. The van der Waals surface area contributed by atoms with E-state index in [2.05, 4.69) is 18.2 Å². The van der Waals surface area contributed by atoms with Gasteiger partial charge < -0.3 is 9.64 Å². The number of amides is 1. The van der Waals surface area contributed by atoms with Crippen molar-refractivity contribution in [2.75, 3.05) is 18.6 Å². The fraction of sp³-hybridized carbons (Fsp3) is 0.316. The lowest BCUT2D eigenvalue weighted by molar-refractivity contribution is -0.118. The largest absolute Gasteiger partial charge is 0.377 e. The van der Waals surface area contributed by atoms with Crippen LogP contribution in [0.2, 0.25) is 0 Å². The second-order valence-corrected chi connectivity index (χ2v) is 5.60. The van der Waals surface area contributed by atoms with Gasteiger partial charge in [0.2, 0.25) is 5.91 Å². The molecular formula is C19H21NO2. The number of carbonyl (C=O) groups excluding carboxylic acids is 1. The van der Waals surface area contributed by atoms with Crippen LogP contribution in [0, 0.1) is 0 Å². The minimum atomic E-state index is 0.0920. The first-order chi connectivity index (χ1) is 10.8. The molecular weight excluding hydrogens is 274 g/mol. The summed E-state index contributed by atoms with van der Waals surface area (Å²) < 4.78 is 5.54. The summed E-state index contributed by atoms with van der Waals surface area (Å²) in [6, 6.07) is 18.2. The Balaban J connectivity index is 1.73. The van der Waals surface area contributed by atoms with Crippen molar-refractivity contribution < 1.29 is 9.53 Å². The zero-order valence-electron chi connectivity index (χ0n) is 12.9. The van der Waals surface area contributed by atoms with Gasteiger partial charge in [-0.2, -0.15) is 0 Å². The van der Waals surface area contributed by atoms with Crippen molar-refractivity contribution >= 4 is 11.6 Å². The molecule has 3 rings (SSSR count). The quantitative estimate of drug-likeness (QED) is 0.860. The number of nitrogens with zero attached hydrogens (tertiary/aromatic N) is 1. The number of anilines is 1. The lowest BCUT2D eigenvalue weighted by Gasteiger charge is -2.33. The number of hydrogen-bond donors (Lipinski definition) is 0. The van der Waals surface area contributed by atoms with E-state index < -0.39 is 0 Å². The lowest BCUT2D eigenvalue weighted by Crippen LogP contribution is -2.37. The Morgan fingerprint density at radius 3 is 2.64 bits per heavy atom. The Labute approximate surface area is 131 Å². The first-order valence-corrected chi connectivity index (χ1v) is 7.75. The van der Waals surface area contributed by atoms with Crippen LogP contribution in [0.4, 0.5) is 5.69 Å². The number of carbonyl (C=O) groups is 1. The molecule has 3 nitrogen and oxygen atoms in total. The van der Waals surface area contributed by atoms with Crippen molar-refractivity contribution in [1.29, 1.82) is 0 Å². The van der Waals surface area contributed by atoms with Crippen molar-refractivity contribution in [2.24, 2.45) is 0 Å². The SMILES string of the molecule is COC1CCN(C(=O)CCc2ccccc2)c2ccccc21. The molecule has 0 bridgehead atoms. The fourth-order valence-electron chi connectivity index (χ4n) is 3.06. The number of fused-ring (bicyclic) bond motifs is 1. The second kappa shape index (κ2) is 6.75. The van der Waals surface area contributed by atoms with Gasteiger partial charge in [0.05, 0.1) is 6.10 Å². The summed E-state index contributed by atoms with van der Waals surface area (Å²) in [5.74, 6) is 0.186. The highest BCUT2D eigenvalue weighted by Crippen LogP contribution is 2.35. The highest BCUT2D eigenvalue weighted by Gasteiger charge is 2.27. The molecule has 2 aromatic carbocycles. The Morgan fingerprint density at radius 2 is 1.86 bits per heavy atom. The van der Waals surface area contributed by atoms with E-state index in [1.165, 1.54) is 5.56 Å². The third-order valence-electron chi connectivity index (χ3n) is 4.25. The summed E-state index contributed by atoms with van der Waals surface area (Å²) >= 11 is 0. The molecule has 1 aliphatic rings. The molecule has 1 atom stereocenters. The average molecular weight is 295 g/mol. The Morgan fingerprint density at radius 1 is 1.14 bits per heavy atom. The summed E-state index contributed by atoms with van der Waals surface area (Å²) in [5, 5.41) is 0. The van der Waals surface area contributed by atoms with Gasteiger partial charge in [0.1, 0.15) is 0 Å². The Kier molecular flexibility index (Phi) is 4.54. The van der Waals surface area contributed by atoms with Crippen LogP contribution >= 0.6 is 0 Å². The maximum Gasteiger partial charge on any atom is 0.227 e. The number of para-hydroxylation sites is 1.